The molecule has 0 N–H and O–H groups in total. The maximum Gasteiger partial charge on any atom is 0.435 e. The van der Waals surface area contributed by atoms with Gasteiger partial charge in [0, 0.05) is 19.9 Å². The molecule has 0 fully saturated rings. The number of rotatable bonds is 6. The largest absolute Gasteiger partial charge is 0.435 e. The van der Waals surface area contributed by atoms with Crippen molar-refractivity contribution in [2.45, 2.75) is 43.2 Å². The van der Waals surface area contributed by atoms with Crippen LogP contribution in [0.25, 0.3) is 16.9 Å². The molecule has 166 valence electrons. The van der Waals surface area contributed by atoms with Crippen molar-refractivity contribution in [3.63, 3.8) is 0 Å². The summed E-state index contributed by atoms with van der Waals surface area (Å²) in [4.78, 5) is 0.0905. The lowest BCUT2D eigenvalue weighted by molar-refractivity contribution is -0.141. The number of hydrogen-bond donors (Lipinski definition) is 0. The van der Waals surface area contributed by atoms with E-state index in [0.29, 0.717) is 11.3 Å². The standard InChI is InChI=1S/C22H25F3N2O2SSi/c1-30(28,29)19-11-9-18(10-12-19)27-20(15-21(26-27)22(23,24)25)17-7-5-16(6-8-17)13-14-31(2,3)4/h5-12,15H,13-14H2,1-4H3. The van der Waals surface area contributed by atoms with Gasteiger partial charge < -0.3 is 0 Å². The van der Waals surface area contributed by atoms with Crippen LogP contribution in [0.2, 0.25) is 25.7 Å². The first-order valence-electron chi connectivity index (χ1n) is 9.81. The van der Waals surface area contributed by atoms with E-state index in [0.717, 1.165) is 30.4 Å². The van der Waals surface area contributed by atoms with Gasteiger partial charge in [-0.1, -0.05) is 50.0 Å². The minimum atomic E-state index is -4.59. The second-order valence-electron chi connectivity index (χ2n) is 8.85. The Morgan fingerprint density at radius 1 is 0.968 bits per heavy atom. The van der Waals surface area contributed by atoms with Gasteiger partial charge in [0.25, 0.3) is 0 Å². The van der Waals surface area contributed by atoms with Crippen LogP contribution < -0.4 is 0 Å². The first kappa shape index (κ1) is 23.3. The molecule has 2 aromatic carbocycles. The van der Waals surface area contributed by atoms with Gasteiger partial charge in [0.1, 0.15) is 0 Å². The van der Waals surface area contributed by atoms with Crippen LogP contribution in [0.3, 0.4) is 0 Å². The molecule has 3 rings (SSSR count). The average molecular weight is 467 g/mol. The Morgan fingerprint density at radius 2 is 1.55 bits per heavy atom. The molecule has 0 saturated carbocycles. The molecular formula is C22H25F3N2O2SSi. The summed E-state index contributed by atoms with van der Waals surface area (Å²) in [6, 6.07) is 15.3. The van der Waals surface area contributed by atoms with Crippen LogP contribution in [0.5, 0.6) is 0 Å². The van der Waals surface area contributed by atoms with Crippen LogP contribution in [0.1, 0.15) is 11.3 Å². The minimum Gasteiger partial charge on any atom is -0.233 e. The minimum absolute atomic E-state index is 0.0905. The van der Waals surface area contributed by atoms with Crippen LogP contribution in [0, 0.1) is 0 Å². The van der Waals surface area contributed by atoms with E-state index >= 15 is 0 Å². The smallest absolute Gasteiger partial charge is 0.233 e. The second-order valence-corrected chi connectivity index (χ2v) is 16.5. The zero-order valence-electron chi connectivity index (χ0n) is 17.9. The van der Waals surface area contributed by atoms with Crippen molar-refractivity contribution in [1.82, 2.24) is 9.78 Å². The molecule has 0 aliphatic rings. The van der Waals surface area contributed by atoms with Gasteiger partial charge in [0.15, 0.2) is 15.5 Å². The SMILES string of the molecule is C[Si](C)(C)CCc1ccc(-c2cc(C(F)(F)F)nn2-c2ccc(S(C)(=O)=O)cc2)cc1. The number of hydrogen-bond acceptors (Lipinski definition) is 3. The Kier molecular flexibility index (Phi) is 6.21. The van der Waals surface area contributed by atoms with Crippen LogP contribution in [-0.4, -0.2) is 32.5 Å². The quantitative estimate of drug-likeness (QED) is 0.429. The Hall–Kier alpha value is -2.39. The van der Waals surface area contributed by atoms with Gasteiger partial charge in [-0.15, -0.1) is 0 Å². The first-order chi connectivity index (χ1) is 14.2. The fourth-order valence-corrected chi connectivity index (χ4v) is 4.79. The third-order valence-corrected chi connectivity index (χ3v) is 7.80. The van der Waals surface area contributed by atoms with Gasteiger partial charge in [0.05, 0.1) is 16.3 Å². The van der Waals surface area contributed by atoms with E-state index in [2.05, 4.69) is 24.7 Å². The summed E-state index contributed by atoms with van der Waals surface area (Å²) in [5.74, 6) is 0. The van der Waals surface area contributed by atoms with Crippen molar-refractivity contribution < 1.29 is 21.6 Å². The number of halogens is 3. The van der Waals surface area contributed by atoms with E-state index in [1.54, 1.807) is 12.1 Å². The Bertz CT molecular complexity index is 1160. The summed E-state index contributed by atoms with van der Waals surface area (Å²) in [5, 5.41) is 3.76. The summed E-state index contributed by atoms with van der Waals surface area (Å²) >= 11 is 0. The van der Waals surface area contributed by atoms with E-state index in [9.17, 15) is 21.6 Å². The summed E-state index contributed by atoms with van der Waals surface area (Å²) in [6.45, 7) is 6.90. The molecule has 0 saturated heterocycles. The van der Waals surface area contributed by atoms with E-state index in [4.69, 9.17) is 0 Å². The average Bonchev–Trinajstić information content (AvgIpc) is 3.11. The van der Waals surface area contributed by atoms with Crippen molar-refractivity contribution in [3.8, 4) is 16.9 Å². The molecule has 9 heteroatoms. The van der Waals surface area contributed by atoms with E-state index < -0.39 is 29.8 Å². The zero-order chi connectivity index (χ0) is 23.0. The molecule has 3 aromatic rings. The molecule has 0 spiro atoms. The lowest BCUT2D eigenvalue weighted by Gasteiger charge is -2.15. The van der Waals surface area contributed by atoms with Crippen LogP contribution in [-0.2, 0) is 22.4 Å². The Labute approximate surface area is 181 Å². The van der Waals surface area contributed by atoms with Crippen molar-refractivity contribution in [2.75, 3.05) is 6.26 Å². The highest BCUT2D eigenvalue weighted by atomic mass is 32.2. The van der Waals surface area contributed by atoms with E-state index in [-0.39, 0.29) is 10.6 Å². The van der Waals surface area contributed by atoms with Gasteiger partial charge >= 0.3 is 6.18 Å². The second kappa shape index (κ2) is 8.27. The van der Waals surface area contributed by atoms with Crippen molar-refractivity contribution in [1.29, 1.82) is 0 Å². The molecule has 4 nitrogen and oxygen atoms in total. The molecule has 0 unspecified atom stereocenters. The number of aryl methyl sites for hydroxylation is 1. The predicted molar refractivity (Wildman–Crippen MR) is 119 cm³/mol. The first-order valence-corrected chi connectivity index (χ1v) is 15.4. The topological polar surface area (TPSA) is 52.0 Å². The van der Waals surface area contributed by atoms with E-state index in [1.165, 1.54) is 28.9 Å². The maximum atomic E-state index is 13.4. The van der Waals surface area contributed by atoms with Crippen LogP contribution in [0.4, 0.5) is 13.2 Å². The Balaban J connectivity index is 2.01. The Morgan fingerprint density at radius 3 is 2.03 bits per heavy atom. The number of aromatic nitrogens is 2. The van der Waals surface area contributed by atoms with Gasteiger partial charge in [-0.2, -0.15) is 18.3 Å². The summed E-state index contributed by atoms with van der Waals surface area (Å²) in [6.07, 6.45) is -2.58. The molecule has 31 heavy (non-hydrogen) atoms. The van der Waals surface area contributed by atoms with Gasteiger partial charge in [0.2, 0.25) is 0 Å². The third-order valence-electron chi connectivity index (χ3n) is 4.92. The molecule has 0 amide bonds. The van der Waals surface area contributed by atoms with E-state index in [1.807, 2.05) is 12.1 Å². The summed E-state index contributed by atoms with van der Waals surface area (Å²) in [5.41, 5.74) is 1.38. The molecule has 0 bridgehead atoms. The number of nitrogens with zero attached hydrogens (tertiary/aromatic N) is 2. The van der Waals surface area contributed by atoms with Gasteiger partial charge in [-0.05, 0) is 42.3 Å². The summed E-state index contributed by atoms with van der Waals surface area (Å²) < 4.78 is 64.6. The predicted octanol–water partition coefficient (Wildman–Crippen LogP) is 5.84. The highest BCUT2D eigenvalue weighted by Gasteiger charge is 2.35. The number of sulfone groups is 1. The fourth-order valence-electron chi connectivity index (χ4n) is 3.12. The van der Waals surface area contributed by atoms with Crippen molar-refractivity contribution in [2.24, 2.45) is 0 Å². The lowest BCUT2D eigenvalue weighted by Crippen LogP contribution is -2.19. The lowest BCUT2D eigenvalue weighted by atomic mass is 10.1. The molecule has 1 heterocycles. The van der Waals surface area contributed by atoms with Crippen molar-refractivity contribution in [3.05, 3.63) is 65.9 Å². The zero-order valence-corrected chi connectivity index (χ0v) is 19.7. The molecule has 0 atom stereocenters. The highest BCUT2D eigenvalue weighted by Crippen LogP contribution is 2.33. The van der Waals surface area contributed by atoms with Crippen LogP contribution in [0.15, 0.2) is 59.5 Å². The van der Waals surface area contributed by atoms with Gasteiger partial charge in [-0.25, -0.2) is 13.1 Å². The molecule has 0 aliphatic carbocycles. The monoisotopic (exact) mass is 466 g/mol. The fraction of sp³-hybridized carbons (Fsp3) is 0.318. The summed E-state index contributed by atoms with van der Waals surface area (Å²) in [7, 11) is -4.60. The highest BCUT2D eigenvalue weighted by molar-refractivity contribution is 7.90. The van der Waals surface area contributed by atoms with Crippen LogP contribution >= 0.6 is 0 Å². The van der Waals surface area contributed by atoms with Gasteiger partial charge in [-0.3, -0.25) is 0 Å². The number of alkyl halides is 3. The molecular weight excluding hydrogens is 441 g/mol. The normalized spacial score (nSPS) is 12.9. The third kappa shape index (κ3) is 5.85. The molecule has 1 aromatic heterocycles. The molecule has 0 aliphatic heterocycles. The number of benzene rings is 2. The van der Waals surface area contributed by atoms with Crippen molar-refractivity contribution >= 4 is 17.9 Å². The molecule has 0 radical (unpaired) electrons. The maximum absolute atomic E-state index is 13.4.